The molecule has 112 valence electrons. The van der Waals surface area contributed by atoms with Gasteiger partial charge < -0.3 is 10.5 Å². The number of nitrogens with two attached hydrogens (primary N) is 1. The van der Waals surface area contributed by atoms with Crippen molar-refractivity contribution in [1.82, 2.24) is 0 Å². The van der Waals surface area contributed by atoms with Gasteiger partial charge in [0.15, 0.2) is 0 Å². The van der Waals surface area contributed by atoms with Crippen LogP contribution in [-0.2, 0) is 0 Å². The first-order valence-electron chi connectivity index (χ1n) is 6.82. The number of nitrogens with zero attached hydrogens (tertiary/aromatic N) is 1. The Balaban J connectivity index is 2.12. The summed E-state index contributed by atoms with van der Waals surface area (Å²) in [5.74, 6) is -1.27. The lowest BCUT2D eigenvalue weighted by atomic mass is 10.0. The maximum atomic E-state index is 13.5. The molecule has 1 atom stereocenters. The standard InChI is InChI=1S/C17H15FN2O2/c1-2-16(20)11-3-5-12(6-4-11)17(21)22-14-8-7-13(10-19)15(18)9-14/h3-9,16H,2,20H2,1H3. The van der Waals surface area contributed by atoms with Crippen molar-refractivity contribution in [3.63, 3.8) is 0 Å². The van der Waals surface area contributed by atoms with E-state index in [1.807, 2.05) is 6.92 Å². The van der Waals surface area contributed by atoms with Crippen molar-refractivity contribution >= 4 is 5.97 Å². The number of ether oxygens (including phenoxy) is 1. The number of hydrogen-bond donors (Lipinski definition) is 1. The summed E-state index contributed by atoms with van der Waals surface area (Å²) >= 11 is 0. The van der Waals surface area contributed by atoms with Gasteiger partial charge in [0.1, 0.15) is 17.6 Å². The van der Waals surface area contributed by atoms with E-state index < -0.39 is 11.8 Å². The molecule has 0 heterocycles. The molecule has 2 aromatic rings. The van der Waals surface area contributed by atoms with Crippen LogP contribution in [-0.4, -0.2) is 5.97 Å². The Morgan fingerprint density at radius 3 is 2.55 bits per heavy atom. The van der Waals surface area contributed by atoms with Gasteiger partial charge in [0.2, 0.25) is 0 Å². The van der Waals surface area contributed by atoms with Gasteiger partial charge in [-0.3, -0.25) is 0 Å². The first kappa shape index (κ1) is 15.7. The number of hydrogen-bond acceptors (Lipinski definition) is 4. The highest BCUT2D eigenvalue weighted by Gasteiger charge is 2.11. The van der Waals surface area contributed by atoms with E-state index in [2.05, 4.69) is 0 Å². The van der Waals surface area contributed by atoms with E-state index in [0.717, 1.165) is 18.1 Å². The minimum atomic E-state index is -0.725. The van der Waals surface area contributed by atoms with Crippen molar-refractivity contribution in [2.75, 3.05) is 0 Å². The quantitative estimate of drug-likeness (QED) is 0.694. The SMILES string of the molecule is CCC(N)c1ccc(C(=O)Oc2ccc(C#N)c(F)c2)cc1. The van der Waals surface area contributed by atoms with Crippen molar-refractivity contribution in [3.05, 3.63) is 65.0 Å². The van der Waals surface area contributed by atoms with Gasteiger partial charge in [-0.25, -0.2) is 9.18 Å². The van der Waals surface area contributed by atoms with Crippen LogP contribution in [0.25, 0.3) is 0 Å². The second-order valence-electron chi connectivity index (χ2n) is 4.78. The third-order valence-electron chi connectivity index (χ3n) is 3.29. The first-order chi connectivity index (χ1) is 10.5. The van der Waals surface area contributed by atoms with Gasteiger partial charge in [0.25, 0.3) is 0 Å². The summed E-state index contributed by atoms with van der Waals surface area (Å²) in [6.07, 6.45) is 0.800. The molecule has 0 aliphatic rings. The lowest BCUT2D eigenvalue weighted by Crippen LogP contribution is -2.11. The van der Waals surface area contributed by atoms with Crippen molar-refractivity contribution in [2.45, 2.75) is 19.4 Å². The van der Waals surface area contributed by atoms with E-state index in [9.17, 15) is 9.18 Å². The van der Waals surface area contributed by atoms with Crippen LogP contribution in [0.15, 0.2) is 42.5 Å². The Bertz CT molecular complexity index is 720. The second kappa shape index (κ2) is 6.83. The van der Waals surface area contributed by atoms with Crippen LogP contribution in [0.4, 0.5) is 4.39 Å². The zero-order chi connectivity index (χ0) is 16.1. The Kier molecular flexibility index (Phi) is 4.87. The van der Waals surface area contributed by atoms with E-state index in [4.69, 9.17) is 15.7 Å². The fourth-order valence-corrected chi connectivity index (χ4v) is 1.92. The number of esters is 1. The lowest BCUT2D eigenvalue weighted by Gasteiger charge is -2.10. The molecular formula is C17H15FN2O2. The molecule has 22 heavy (non-hydrogen) atoms. The number of carbonyl (C=O) groups is 1. The minimum absolute atomic E-state index is 0.0517. The van der Waals surface area contributed by atoms with Crippen LogP contribution in [0.5, 0.6) is 5.75 Å². The van der Waals surface area contributed by atoms with Crippen LogP contribution < -0.4 is 10.5 Å². The summed E-state index contributed by atoms with van der Waals surface area (Å²) in [5, 5.41) is 8.65. The third kappa shape index (κ3) is 3.48. The molecule has 0 radical (unpaired) electrons. The molecule has 0 aliphatic carbocycles. The van der Waals surface area contributed by atoms with E-state index in [-0.39, 0.29) is 17.4 Å². The number of halogens is 1. The molecule has 0 spiro atoms. The van der Waals surface area contributed by atoms with Crippen molar-refractivity contribution in [1.29, 1.82) is 5.26 Å². The smallest absolute Gasteiger partial charge is 0.343 e. The van der Waals surface area contributed by atoms with Gasteiger partial charge in [-0.1, -0.05) is 19.1 Å². The monoisotopic (exact) mass is 298 g/mol. The summed E-state index contributed by atoms with van der Waals surface area (Å²) < 4.78 is 18.5. The molecule has 2 rings (SSSR count). The highest BCUT2D eigenvalue weighted by Crippen LogP contribution is 2.19. The summed E-state index contributed by atoms with van der Waals surface area (Å²) in [6, 6.07) is 12.1. The fraction of sp³-hybridized carbons (Fsp3) is 0.176. The molecule has 4 nitrogen and oxygen atoms in total. The predicted molar refractivity (Wildman–Crippen MR) is 79.7 cm³/mol. The van der Waals surface area contributed by atoms with Gasteiger partial charge >= 0.3 is 5.97 Å². The van der Waals surface area contributed by atoms with Crippen molar-refractivity contribution in [3.8, 4) is 11.8 Å². The molecule has 0 bridgehead atoms. The molecule has 0 saturated carbocycles. The van der Waals surface area contributed by atoms with Crippen molar-refractivity contribution < 1.29 is 13.9 Å². The fourth-order valence-electron chi connectivity index (χ4n) is 1.92. The van der Waals surface area contributed by atoms with Crippen LogP contribution >= 0.6 is 0 Å². The predicted octanol–water partition coefficient (Wildman–Crippen LogP) is 3.33. The second-order valence-corrected chi connectivity index (χ2v) is 4.78. The molecule has 0 amide bonds. The third-order valence-corrected chi connectivity index (χ3v) is 3.29. The van der Waals surface area contributed by atoms with E-state index >= 15 is 0 Å². The largest absolute Gasteiger partial charge is 0.423 e. The highest BCUT2D eigenvalue weighted by atomic mass is 19.1. The molecule has 0 aliphatic heterocycles. The van der Waals surface area contributed by atoms with Gasteiger partial charge in [-0.05, 0) is 36.2 Å². The Labute approximate surface area is 127 Å². The summed E-state index contributed by atoms with van der Waals surface area (Å²) in [5.41, 5.74) is 7.08. The van der Waals surface area contributed by atoms with E-state index in [0.29, 0.717) is 5.56 Å². The minimum Gasteiger partial charge on any atom is -0.423 e. The van der Waals surface area contributed by atoms with Crippen LogP contribution in [0.1, 0.15) is 40.9 Å². The van der Waals surface area contributed by atoms with Crippen LogP contribution in [0.2, 0.25) is 0 Å². The molecule has 0 aromatic heterocycles. The van der Waals surface area contributed by atoms with Gasteiger partial charge in [-0.15, -0.1) is 0 Å². The first-order valence-corrected chi connectivity index (χ1v) is 6.82. The molecule has 2 N–H and O–H groups in total. The zero-order valence-corrected chi connectivity index (χ0v) is 12.0. The average Bonchev–Trinajstić information content (AvgIpc) is 2.54. The maximum Gasteiger partial charge on any atom is 0.343 e. The summed E-state index contributed by atoms with van der Waals surface area (Å²) in [4.78, 5) is 12.0. The summed E-state index contributed by atoms with van der Waals surface area (Å²) in [6.45, 7) is 1.98. The van der Waals surface area contributed by atoms with Crippen molar-refractivity contribution in [2.24, 2.45) is 5.73 Å². The molecular weight excluding hydrogens is 283 g/mol. The molecule has 0 fully saturated rings. The number of benzene rings is 2. The molecule has 1 unspecified atom stereocenters. The van der Waals surface area contributed by atoms with E-state index in [1.165, 1.54) is 12.1 Å². The normalized spacial score (nSPS) is 11.5. The average molecular weight is 298 g/mol. The number of rotatable bonds is 4. The summed E-state index contributed by atoms with van der Waals surface area (Å²) in [7, 11) is 0. The number of nitriles is 1. The molecule has 0 saturated heterocycles. The lowest BCUT2D eigenvalue weighted by molar-refractivity contribution is 0.0734. The van der Waals surface area contributed by atoms with Crippen LogP contribution in [0.3, 0.4) is 0 Å². The van der Waals surface area contributed by atoms with Crippen LogP contribution in [0, 0.1) is 17.1 Å². The maximum absolute atomic E-state index is 13.5. The van der Waals surface area contributed by atoms with Gasteiger partial charge in [0, 0.05) is 12.1 Å². The Hall–Kier alpha value is -2.71. The Morgan fingerprint density at radius 1 is 1.32 bits per heavy atom. The molecule has 2 aromatic carbocycles. The van der Waals surface area contributed by atoms with Gasteiger partial charge in [-0.2, -0.15) is 5.26 Å². The van der Waals surface area contributed by atoms with E-state index in [1.54, 1.807) is 30.3 Å². The molecule has 5 heteroatoms. The zero-order valence-electron chi connectivity index (χ0n) is 12.0. The number of carbonyl (C=O) groups excluding carboxylic acids is 1. The van der Waals surface area contributed by atoms with Gasteiger partial charge in [0.05, 0.1) is 11.1 Å². The topological polar surface area (TPSA) is 76.1 Å². The Morgan fingerprint density at radius 2 is 2.00 bits per heavy atom. The highest BCUT2D eigenvalue weighted by molar-refractivity contribution is 5.91.